The highest BCUT2D eigenvalue weighted by atomic mass is 16.6. The first-order valence-corrected chi connectivity index (χ1v) is 7.75. The van der Waals surface area contributed by atoms with Gasteiger partial charge < -0.3 is 15.0 Å². The molecule has 2 rings (SSSR count). The number of hydrogen-bond acceptors (Lipinski definition) is 4. The molecule has 0 saturated carbocycles. The summed E-state index contributed by atoms with van der Waals surface area (Å²) in [5, 5.41) is 7.53. The Bertz CT molecular complexity index is 518. The summed E-state index contributed by atoms with van der Waals surface area (Å²) in [6, 6.07) is 0.198. The average molecular weight is 306 g/mol. The van der Waals surface area contributed by atoms with Crippen LogP contribution in [0.2, 0.25) is 0 Å². The maximum atomic E-state index is 12.2. The number of nitrogens with zero attached hydrogens (tertiary/aromatic N) is 3. The van der Waals surface area contributed by atoms with Crippen molar-refractivity contribution in [3.05, 3.63) is 24.5 Å². The number of amides is 1. The monoisotopic (exact) mass is 306 g/mol. The van der Waals surface area contributed by atoms with Crippen LogP contribution in [0.25, 0.3) is 6.20 Å². The number of ether oxygens (including phenoxy) is 1. The number of carbonyl (C=O) groups is 1. The molecule has 1 amide bonds. The van der Waals surface area contributed by atoms with E-state index in [9.17, 15) is 4.79 Å². The number of rotatable bonds is 5. The second-order valence-corrected chi connectivity index (χ2v) is 6.61. The minimum Gasteiger partial charge on any atom is -0.444 e. The molecule has 22 heavy (non-hydrogen) atoms. The quantitative estimate of drug-likeness (QED) is 0.908. The first kappa shape index (κ1) is 16.5. The molecule has 1 aliphatic rings. The third-order valence-electron chi connectivity index (χ3n) is 3.56. The molecule has 1 fully saturated rings. The van der Waals surface area contributed by atoms with Crippen molar-refractivity contribution in [3.8, 4) is 0 Å². The number of hydrogen-bond donors (Lipinski definition) is 1. The molecule has 0 bridgehead atoms. The molecule has 1 aliphatic heterocycles. The van der Waals surface area contributed by atoms with Gasteiger partial charge in [-0.15, -0.1) is 0 Å². The van der Waals surface area contributed by atoms with E-state index in [2.05, 4.69) is 17.0 Å². The second-order valence-electron chi connectivity index (χ2n) is 6.61. The molecule has 1 aromatic heterocycles. The SMILES string of the molecule is C=Cn1cc(CNCC2CCCN2C(=O)OC(C)(C)C)cn1. The Labute approximate surface area is 132 Å². The third-order valence-corrected chi connectivity index (χ3v) is 3.56. The number of aromatic nitrogens is 2. The molecular weight excluding hydrogens is 280 g/mol. The second kappa shape index (κ2) is 6.96. The van der Waals surface area contributed by atoms with E-state index in [0.717, 1.165) is 38.0 Å². The Morgan fingerprint density at radius 1 is 1.59 bits per heavy atom. The highest BCUT2D eigenvalue weighted by Gasteiger charge is 2.31. The summed E-state index contributed by atoms with van der Waals surface area (Å²) < 4.78 is 7.15. The van der Waals surface area contributed by atoms with E-state index in [1.54, 1.807) is 10.9 Å². The van der Waals surface area contributed by atoms with Gasteiger partial charge in [-0.2, -0.15) is 5.10 Å². The lowest BCUT2D eigenvalue weighted by atomic mass is 10.2. The molecule has 2 heterocycles. The van der Waals surface area contributed by atoms with Gasteiger partial charge in [-0.3, -0.25) is 0 Å². The molecule has 122 valence electrons. The van der Waals surface area contributed by atoms with E-state index >= 15 is 0 Å². The third kappa shape index (κ3) is 4.59. The first-order valence-electron chi connectivity index (χ1n) is 7.75. The van der Waals surface area contributed by atoms with Gasteiger partial charge in [-0.1, -0.05) is 6.58 Å². The van der Waals surface area contributed by atoms with E-state index in [4.69, 9.17) is 4.74 Å². The van der Waals surface area contributed by atoms with E-state index < -0.39 is 5.60 Å². The largest absolute Gasteiger partial charge is 0.444 e. The molecule has 0 radical (unpaired) electrons. The van der Waals surface area contributed by atoms with E-state index in [1.807, 2.05) is 38.1 Å². The van der Waals surface area contributed by atoms with Crippen LogP contribution in [0.4, 0.5) is 4.79 Å². The summed E-state index contributed by atoms with van der Waals surface area (Å²) in [7, 11) is 0. The van der Waals surface area contributed by atoms with Gasteiger partial charge in [0.05, 0.1) is 6.20 Å². The zero-order valence-corrected chi connectivity index (χ0v) is 13.7. The zero-order chi connectivity index (χ0) is 16.2. The van der Waals surface area contributed by atoms with Crippen LogP contribution in [-0.2, 0) is 11.3 Å². The Hall–Kier alpha value is -1.82. The fourth-order valence-corrected chi connectivity index (χ4v) is 2.56. The Morgan fingerprint density at radius 2 is 2.36 bits per heavy atom. The van der Waals surface area contributed by atoms with Crippen molar-refractivity contribution in [2.24, 2.45) is 0 Å². The minimum atomic E-state index is -0.447. The number of carbonyl (C=O) groups excluding carboxylic acids is 1. The van der Waals surface area contributed by atoms with Crippen molar-refractivity contribution < 1.29 is 9.53 Å². The summed E-state index contributed by atoms with van der Waals surface area (Å²) in [4.78, 5) is 14.0. The van der Waals surface area contributed by atoms with Crippen molar-refractivity contribution in [2.75, 3.05) is 13.1 Å². The van der Waals surface area contributed by atoms with Crippen LogP contribution in [0, 0.1) is 0 Å². The van der Waals surface area contributed by atoms with Gasteiger partial charge in [0.25, 0.3) is 0 Å². The summed E-state index contributed by atoms with van der Waals surface area (Å²) in [5.74, 6) is 0. The van der Waals surface area contributed by atoms with Crippen molar-refractivity contribution in [3.63, 3.8) is 0 Å². The van der Waals surface area contributed by atoms with Gasteiger partial charge in [-0.05, 0) is 33.6 Å². The fourth-order valence-electron chi connectivity index (χ4n) is 2.56. The van der Waals surface area contributed by atoms with E-state index in [1.165, 1.54) is 0 Å². The Morgan fingerprint density at radius 3 is 3.00 bits per heavy atom. The molecule has 1 atom stereocenters. The van der Waals surface area contributed by atoms with Crippen LogP contribution >= 0.6 is 0 Å². The first-order chi connectivity index (χ1) is 10.4. The average Bonchev–Trinajstić information content (AvgIpc) is 3.05. The maximum absolute atomic E-state index is 12.2. The summed E-state index contributed by atoms with van der Waals surface area (Å²) in [6.45, 7) is 11.6. The van der Waals surface area contributed by atoms with Crippen LogP contribution in [0.15, 0.2) is 19.0 Å². The smallest absolute Gasteiger partial charge is 0.410 e. The van der Waals surface area contributed by atoms with Crippen molar-refractivity contribution in [1.82, 2.24) is 20.0 Å². The number of likely N-dealkylation sites (tertiary alicyclic amines) is 1. The molecule has 0 aliphatic carbocycles. The van der Waals surface area contributed by atoms with Gasteiger partial charge >= 0.3 is 6.09 Å². The van der Waals surface area contributed by atoms with E-state index in [0.29, 0.717) is 0 Å². The van der Waals surface area contributed by atoms with Crippen molar-refractivity contribution in [2.45, 2.75) is 51.8 Å². The normalized spacial score (nSPS) is 18.5. The summed E-state index contributed by atoms with van der Waals surface area (Å²) in [5.41, 5.74) is 0.651. The Balaban J connectivity index is 1.81. The molecule has 1 saturated heterocycles. The van der Waals surface area contributed by atoms with Crippen LogP contribution in [0.3, 0.4) is 0 Å². The molecule has 1 aromatic rings. The van der Waals surface area contributed by atoms with Gasteiger partial charge in [0, 0.05) is 43.6 Å². The molecule has 1 unspecified atom stereocenters. The highest BCUT2D eigenvalue weighted by molar-refractivity contribution is 5.69. The van der Waals surface area contributed by atoms with Gasteiger partial charge in [0.2, 0.25) is 0 Å². The van der Waals surface area contributed by atoms with Crippen molar-refractivity contribution >= 4 is 12.3 Å². The van der Waals surface area contributed by atoms with Crippen LogP contribution in [-0.4, -0.2) is 45.5 Å². The lowest BCUT2D eigenvalue weighted by molar-refractivity contribution is 0.0226. The molecular formula is C16H26N4O2. The molecule has 0 spiro atoms. The predicted molar refractivity (Wildman–Crippen MR) is 86.3 cm³/mol. The number of nitrogens with one attached hydrogen (secondary N) is 1. The van der Waals surface area contributed by atoms with Crippen LogP contribution < -0.4 is 5.32 Å². The van der Waals surface area contributed by atoms with Crippen LogP contribution in [0.5, 0.6) is 0 Å². The fraction of sp³-hybridized carbons (Fsp3) is 0.625. The van der Waals surface area contributed by atoms with Gasteiger partial charge in [0.1, 0.15) is 5.60 Å². The zero-order valence-electron chi connectivity index (χ0n) is 13.7. The lowest BCUT2D eigenvalue weighted by Crippen LogP contribution is -2.43. The molecule has 6 heteroatoms. The summed E-state index contributed by atoms with van der Waals surface area (Å²) in [6.07, 6.45) is 7.23. The van der Waals surface area contributed by atoms with Crippen molar-refractivity contribution in [1.29, 1.82) is 0 Å². The molecule has 0 aromatic carbocycles. The lowest BCUT2D eigenvalue weighted by Gasteiger charge is -2.28. The molecule has 6 nitrogen and oxygen atoms in total. The maximum Gasteiger partial charge on any atom is 0.410 e. The molecule has 1 N–H and O–H groups in total. The van der Waals surface area contributed by atoms with E-state index in [-0.39, 0.29) is 12.1 Å². The standard InChI is InChI=1S/C16H26N4O2/c1-5-19-12-13(10-18-19)9-17-11-14-7-6-8-20(14)15(21)22-16(2,3)4/h5,10,12,14,17H,1,6-9,11H2,2-4H3. The summed E-state index contributed by atoms with van der Waals surface area (Å²) >= 11 is 0. The highest BCUT2D eigenvalue weighted by Crippen LogP contribution is 2.20. The van der Waals surface area contributed by atoms with Crippen LogP contribution in [0.1, 0.15) is 39.2 Å². The predicted octanol–water partition coefficient (Wildman–Crippen LogP) is 2.47. The Kier molecular flexibility index (Phi) is 5.24. The topological polar surface area (TPSA) is 59.4 Å². The van der Waals surface area contributed by atoms with Gasteiger partial charge in [-0.25, -0.2) is 9.48 Å². The van der Waals surface area contributed by atoms with Gasteiger partial charge in [0.15, 0.2) is 0 Å². The minimum absolute atomic E-state index is 0.198.